The summed E-state index contributed by atoms with van der Waals surface area (Å²) in [5.74, 6) is 6.48. The molecule has 0 saturated heterocycles. The molecule has 0 aliphatic carbocycles. The van der Waals surface area contributed by atoms with Gasteiger partial charge in [-0.15, -0.1) is 0 Å². The van der Waals surface area contributed by atoms with Crippen molar-refractivity contribution in [2.24, 2.45) is 5.84 Å². The summed E-state index contributed by atoms with van der Waals surface area (Å²) in [6.45, 7) is 2.07. The lowest BCUT2D eigenvalue weighted by atomic mass is 10.1. The summed E-state index contributed by atoms with van der Waals surface area (Å²) in [6, 6.07) is 5.64. The highest BCUT2D eigenvalue weighted by molar-refractivity contribution is 5.56. The summed E-state index contributed by atoms with van der Waals surface area (Å²) in [7, 11) is 0. The van der Waals surface area contributed by atoms with E-state index in [0.29, 0.717) is 11.6 Å². The third-order valence-electron chi connectivity index (χ3n) is 2.29. The van der Waals surface area contributed by atoms with Gasteiger partial charge in [0.05, 0.1) is 0 Å². The quantitative estimate of drug-likeness (QED) is 0.597. The highest BCUT2D eigenvalue weighted by atomic mass is 15.3. The maximum Gasteiger partial charge on any atom is 0.180 e. The summed E-state index contributed by atoms with van der Waals surface area (Å²) in [5.41, 5.74) is 4.43. The van der Waals surface area contributed by atoms with E-state index in [9.17, 15) is 0 Å². The monoisotopic (exact) mass is 215 g/mol. The summed E-state index contributed by atoms with van der Waals surface area (Å²) < 4.78 is 0. The van der Waals surface area contributed by atoms with Gasteiger partial charge in [0, 0.05) is 18.5 Å². The number of anilines is 1. The fourth-order valence-electron chi connectivity index (χ4n) is 1.48. The van der Waals surface area contributed by atoms with Crippen molar-refractivity contribution in [3.8, 4) is 11.5 Å². The second kappa shape index (κ2) is 4.67. The highest BCUT2D eigenvalue weighted by Gasteiger charge is 2.07. The molecule has 0 unspecified atom stereocenters. The molecule has 3 N–H and O–H groups in total. The Balaban J connectivity index is 2.49. The van der Waals surface area contributed by atoms with Crippen LogP contribution in [0.25, 0.3) is 11.5 Å². The summed E-state index contributed by atoms with van der Waals surface area (Å²) in [4.78, 5) is 12.8. The Morgan fingerprint density at radius 3 is 2.88 bits per heavy atom. The first-order valence-corrected chi connectivity index (χ1v) is 5.09. The lowest BCUT2D eigenvalue weighted by Crippen LogP contribution is -2.09. The molecule has 0 aliphatic rings. The number of rotatable bonds is 3. The highest BCUT2D eigenvalue weighted by Crippen LogP contribution is 2.18. The Bertz CT molecular complexity index is 483. The minimum atomic E-state index is 0.581. The minimum absolute atomic E-state index is 0.581. The van der Waals surface area contributed by atoms with Crippen LogP contribution in [0.1, 0.15) is 12.5 Å². The van der Waals surface area contributed by atoms with Crippen LogP contribution >= 0.6 is 0 Å². The van der Waals surface area contributed by atoms with E-state index < -0.39 is 0 Å². The number of nitrogens with two attached hydrogens (primary N) is 1. The second-order valence-corrected chi connectivity index (χ2v) is 3.27. The zero-order valence-electron chi connectivity index (χ0n) is 9.01. The van der Waals surface area contributed by atoms with Gasteiger partial charge >= 0.3 is 0 Å². The van der Waals surface area contributed by atoms with E-state index in [0.717, 1.165) is 17.7 Å². The fourth-order valence-corrected chi connectivity index (χ4v) is 1.48. The third kappa shape index (κ3) is 1.99. The number of hydrazine groups is 1. The molecule has 0 amide bonds. The number of nitrogens with one attached hydrogen (secondary N) is 1. The van der Waals surface area contributed by atoms with Gasteiger partial charge < -0.3 is 5.43 Å². The molecule has 16 heavy (non-hydrogen) atoms. The topological polar surface area (TPSA) is 76.7 Å². The molecule has 5 heteroatoms. The average molecular weight is 215 g/mol. The van der Waals surface area contributed by atoms with Gasteiger partial charge in [0.2, 0.25) is 0 Å². The van der Waals surface area contributed by atoms with Crippen molar-refractivity contribution in [2.45, 2.75) is 13.3 Å². The molecule has 0 bridgehead atoms. The van der Waals surface area contributed by atoms with Crippen LogP contribution in [-0.4, -0.2) is 15.0 Å². The van der Waals surface area contributed by atoms with Crippen molar-refractivity contribution in [3.05, 3.63) is 36.2 Å². The zero-order chi connectivity index (χ0) is 11.4. The summed E-state index contributed by atoms with van der Waals surface area (Å²) in [5, 5.41) is 0. The molecule has 0 saturated carbocycles. The van der Waals surface area contributed by atoms with Crippen LogP contribution in [-0.2, 0) is 6.42 Å². The van der Waals surface area contributed by atoms with Gasteiger partial charge in [-0.3, -0.25) is 4.98 Å². The smallest absolute Gasteiger partial charge is 0.180 e. The van der Waals surface area contributed by atoms with E-state index in [4.69, 9.17) is 5.84 Å². The van der Waals surface area contributed by atoms with Gasteiger partial charge in [0.15, 0.2) is 5.82 Å². The van der Waals surface area contributed by atoms with Crippen molar-refractivity contribution in [1.29, 1.82) is 0 Å². The Kier molecular flexibility index (Phi) is 3.07. The van der Waals surface area contributed by atoms with Crippen LogP contribution in [0, 0.1) is 0 Å². The molecule has 0 fully saturated rings. The van der Waals surface area contributed by atoms with E-state index >= 15 is 0 Å². The van der Waals surface area contributed by atoms with E-state index in [1.165, 1.54) is 0 Å². The molecule has 0 aliphatic heterocycles. The molecular weight excluding hydrogens is 202 g/mol. The maximum absolute atomic E-state index is 5.31. The van der Waals surface area contributed by atoms with Crippen molar-refractivity contribution < 1.29 is 0 Å². The number of aromatic nitrogens is 3. The lowest BCUT2D eigenvalue weighted by Gasteiger charge is -2.05. The average Bonchev–Trinajstić information content (AvgIpc) is 2.38. The number of hydrogen-bond acceptors (Lipinski definition) is 5. The van der Waals surface area contributed by atoms with Crippen molar-refractivity contribution in [1.82, 2.24) is 15.0 Å². The first-order chi connectivity index (χ1) is 7.85. The van der Waals surface area contributed by atoms with Gasteiger partial charge in [0.1, 0.15) is 11.5 Å². The molecule has 2 heterocycles. The fraction of sp³-hybridized carbons (Fsp3) is 0.182. The molecular formula is C11H13N5. The number of aryl methyl sites for hydroxylation is 1. The molecule has 82 valence electrons. The van der Waals surface area contributed by atoms with Crippen LogP contribution in [0.4, 0.5) is 5.82 Å². The first kappa shape index (κ1) is 10.5. The second-order valence-electron chi connectivity index (χ2n) is 3.27. The van der Waals surface area contributed by atoms with Crippen molar-refractivity contribution in [2.75, 3.05) is 5.43 Å². The Morgan fingerprint density at radius 2 is 2.12 bits per heavy atom. The molecule has 2 aromatic rings. The molecule has 2 aromatic heterocycles. The van der Waals surface area contributed by atoms with Crippen LogP contribution < -0.4 is 11.3 Å². The van der Waals surface area contributed by atoms with Crippen LogP contribution in [0.3, 0.4) is 0 Å². The van der Waals surface area contributed by atoms with E-state index in [2.05, 4.69) is 27.3 Å². The first-order valence-electron chi connectivity index (χ1n) is 5.09. The number of pyridine rings is 1. The Labute approximate surface area is 93.7 Å². The number of nitrogens with zero attached hydrogens (tertiary/aromatic N) is 3. The van der Waals surface area contributed by atoms with Crippen LogP contribution in [0.15, 0.2) is 30.6 Å². The normalized spacial score (nSPS) is 10.1. The maximum atomic E-state index is 5.31. The SMILES string of the molecule is CCc1cccnc1-c1nccc(NN)n1. The third-order valence-corrected chi connectivity index (χ3v) is 2.29. The molecule has 0 atom stereocenters. The molecule has 0 spiro atoms. The standard InChI is InChI=1S/C11H13N5/c1-2-8-4-3-6-13-10(8)11-14-7-5-9(15-11)16-12/h3-7H,2,12H2,1H3,(H,14,15,16). The predicted molar refractivity (Wildman–Crippen MR) is 62.5 cm³/mol. The van der Waals surface area contributed by atoms with E-state index in [1.807, 2.05) is 12.1 Å². The summed E-state index contributed by atoms with van der Waals surface area (Å²) in [6.07, 6.45) is 4.29. The van der Waals surface area contributed by atoms with Crippen LogP contribution in [0.5, 0.6) is 0 Å². The van der Waals surface area contributed by atoms with E-state index in [1.54, 1.807) is 18.5 Å². The summed E-state index contributed by atoms with van der Waals surface area (Å²) >= 11 is 0. The largest absolute Gasteiger partial charge is 0.308 e. The van der Waals surface area contributed by atoms with Crippen LogP contribution in [0.2, 0.25) is 0 Å². The molecule has 2 rings (SSSR count). The number of hydrogen-bond donors (Lipinski definition) is 2. The van der Waals surface area contributed by atoms with Gasteiger partial charge in [0.25, 0.3) is 0 Å². The Hall–Kier alpha value is -2.01. The zero-order valence-corrected chi connectivity index (χ0v) is 9.01. The van der Waals surface area contributed by atoms with Crippen molar-refractivity contribution in [3.63, 3.8) is 0 Å². The Morgan fingerprint density at radius 1 is 1.25 bits per heavy atom. The number of nitrogen functional groups attached to an aromatic ring is 1. The van der Waals surface area contributed by atoms with Gasteiger partial charge in [-0.25, -0.2) is 15.8 Å². The molecule has 0 radical (unpaired) electrons. The molecule has 5 nitrogen and oxygen atoms in total. The minimum Gasteiger partial charge on any atom is -0.308 e. The van der Waals surface area contributed by atoms with Gasteiger partial charge in [-0.1, -0.05) is 13.0 Å². The van der Waals surface area contributed by atoms with Gasteiger partial charge in [-0.05, 0) is 18.1 Å². The van der Waals surface area contributed by atoms with E-state index in [-0.39, 0.29) is 0 Å². The van der Waals surface area contributed by atoms with Gasteiger partial charge in [-0.2, -0.15) is 0 Å². The lowest BCUT2D eigenvalue weighted by molar-refractivity contribution is 1.06. The molecule has 0 aromatic carbocycles. The predicted octanol–water partition coefficient (Wildman–Crippen LogP) is 1.39. The van der Waals surface area contributed by atoms with Crippen molar-refractivity contribution >= 4 is 5.82 Å².